The highest BCUT2D eigenvalue weighted by molar-refractivity contribution is 5.82. The number of alkyl carbamates (subject to hydrolysis) is 1. The summed E-state index contributed by atoms with van der Waals surface area (Å²) in [6.45, 7) is 5.28. The first-order valence-electron chi connectivity index (χ1n) is 7.43. The summed E-state index contributed by atoms with van der Waals surface area (Å²) in [7, 11) is 1.85. The highest BCUT2D eigenvalue weighted by atomic mass is 16.6. The molecule has 6 nitrogen and oxygen atoms in total. The monoisotopic (exact) mass is 318 g/mol. The van der Waals surface area contributed by atoms with Crippen LogP contribution in [-0.4, -0.2) is 27.3 Å². The molecular weight excluding hydrogens is 296 g/mol. The van der Waals surface area contributed by atoms with E-state index in [0.29, 0.717) is 0 Å². The van der Waals surface area contributed by atoms with Crippen LogP contribution in [0, 0.1) is 0 Å². The molecule has 1 atom stereocenters. The molecule has 2 rings (SSSR count). The van der Waals surface area contributed by atoms with E-state index in [2.05, 4.69) is 5.32 Å². The Labute approximate surface area is 135 Å². The van der Waals surface area contributed by atoms with Crippen molar-refractivity contribution in [3.63, 3.8) is 0 Å². The number of nitrogens with zero attached hydrogens (tertiary/aromatic N) is 1. The number of carbonyl (C=O) groups excluding carboxylic acids is 1. The Hall–Kier alpha value is -2.50. The lowest BCUT2D eigenvalue weighted by Gasteiger charge is -2.23. The van der Waals surface area contributed by atoms with Gasteiger partial charge in [0.05, 0.1) is 12.5 Å². The predicted molar refractivity (Wildman–Crippen MR) is 87.3 cm³/mol. The lowest BCUT2D eigenvalue weighted by Crippen LogP contribution is -2.36. The molecule has 0 fully saturated rings. The van der Waals surface area contributed by atoms with Crippen LogP contribution in [0.2, 0.25) is 0 Å². The fourth-order valence-corrected chi connectivity index (χ4v) is 2.50. The van der Waals surface area contributed by atoms with Crippen LogP contribution in [0.25, 0.3) is 10.9 Å². The van der Waals surface area contributed by atoms with Crippen LogP contribution in [0.4, 0.5) is 4.79 Å². The van der Waals surface area contributed by atoms with Gasteiger partial charge in [-0.2, -0.15) is 0 Å². The number of amides is 1. The van der Waals surface area contributed by atoms with Crippen LogP contribution in [0.1, 0.15) is 38.9 Å². The summed E-state index contributed by atoms with van der Waals surface area (Å²) in [6, 6.07) is 8.95. The van der Waals surface area contributed by atoms with Crippen LogP contribution in [0.5, 0.6) is 0 Å². The number of aliphatic carboxylic acids is 1. The molecule has 0 aliphatic heterocycles. The van der Waals surface area contributed by atoms with Crippen molar-refractivity contribution >= 4 is 23.0 Å². The zero-order chi connectivity index (χ0) is 17.2. The minimum absolute atomic E-state index is 0.219. The van der Waals surface area contributed by atoms with Crippen LogP contribution in [0.3, 0.4) is 0 Å². The molecule has 1 aromatic carbocycles. The maximum atomic E-state index is 12.0. The van der Waals surface area contributed by atoms with E-state index in [4.69, 9.17) is 9.84 Å². The highest BCUT2D eigenvalue weighted by Gasteiger charge is 2.24. The number of carboxylic acid groups (broad SMARTS) is 1. The molecule has 0 saturated carbocycles. The van der Waals surface area contributed by atoms with E-state index in [1.54, 1.807) is 20.8 Å². The molecule has 0 aliphatic rings. The molecule has 23 heavy (non-hydrogen) atoms. The number of aromatic nitrogens is 1. The summed E-state index contributed by atoms with van der Waals surface area (Å²) in [5.74, 6) is -0.990. The van der Waals surface area contributed by atoms with E-state index in [-0.39, 0.29) is 6.42 Å². The van der Waals surface area contributed by atoms with Crippen molar-refractivity contribution < 1.29 is 19.4 Å². The number of benzene rings is 1. The van der Waals surface area contributed by atoms with Gasteiger partial charge in [0.15, 0.2) is 0 Å². The smallest absolute Gasteiger partial charge is 0.408 e. The maximum absolute atomic E-state index is 12.0. The van der Waals surface area contributed by atoms with Crippen LogP contribution >= 0.6 is 0 Å². The van der Waals surface area contributed by atoms with E-state index in [9.17, 15) is 9.59 Å². The minimum Gasteiger partial charge on any atom is -0.481 e. The summed E-state index contributed by atoms with van der Waals surface area (Å²) in [5, 5.41) is 12.8. The Morgan fingerprint density at radius 3 is 2.52 bits per heavy atom. The second-order valence-electron chi connectivity index (χ2n) is 6.48. The van der Waals surface area contributed by atoms with Gasteiger partial charge in [-0.3, -0.25) is 4.79 Å². The van der Waals surface area contributed by atoms with Gasteiger partial charge in [0.2, 0.25) is 0 Å². The molecule has 1 amide bonds. The number of carbonyl (C=O) groups is 2. The highest BCUT2D eigenvalue weighted by Crippen LogP contribution is 2.25. The van der Waals surface area contributed by atoms with Crippen molar-refractivity contribution in [2.24, 2.45) is 7.05 Å². The molecule has 1 aromatic heterocycles. The number of hydrogen-bond acceptors (Lipinski definition) is 3. The van der Waals surface area contributed by atoms with Crippen molar-refractivity contribution in [2.75, 3.05) is 0 Å². The lowest BCUT2D eigenvalue weighted by molar-refractivity contribution is -0.137. The Bertz CT molecular complexity index is 728. The van der Waals surface area contributed by atoms with Gasteiger partial charge in [-0.15, -0.1) is 0 Å². The predicted octanol–water partition coefficient (Wildman–Crippen LogP) is 3.22. The fourth-order valence-electron chi connectivity index (χ4n) is 2.50. The van der Waals surface area contributed by atoms with Gasteiger partial charge in [-0.05, 0) is 38.3 Å². The number of para-hydroxylation sites is 1. The fraction of sp³-hybridized carbons (Fsp3) is 0.412. The molecule has 1 unspecified atom stereocenters. The summed E-state index contributed by atoms with van der Waals surface area (Å²) in [6.07, 6.45) is -0.849. The molecule has 2 aromatic rings. The molecule has 124 valence electrons. The first-order valence-corrected chi connectivity index (χ1v) is 7.43. The average molecular weight is 318 g/mol. The summed E-state index contributed by atoms with van der Waals surface area (Å²) >= 11 is 0. The minimum atomic E-state index is -0.990. The van der Waals surface area contributed by atoms with Crippen LogP contribution in [-0.2, 0) is 16.6 Å². The number of rotatable bonds is 4. The standard InChI is InChI=1S/C17H22N2O4/c1-17(2,3)23-16(22)18-12(10-15(20)21)14-9-11-7-5-6-8-13(11)19(14)4/h5-9,12H,10H2,1-4H3,(H,18,22)(H,20,21). The van der Waals surface area contributed by atoms with Crippen molar-refractivity contribution in [3.8, 4) is 0 Å². The second kappa shape index (κ2) is 6.32. The third-order valence-electron chi connectivity index (χ3n) is 3.42. The van der Waals surface area contributed by atoms with Gasteiger partial charge < -0.3 is 19.7 Å². The normalized spacial score (nSPS) is 12.9. The van der Waals surface area contributed by atoms with Gasteiger partial charge in [-0.25, -0.2) is 4.79 Å². The molecule has 6 heteroatoms. The topological polar surface area (TPSA) is 80.6 Å². The van der Waals surface area contributed by atoms with Crippen LogP contribution < -0.4 is 5.32 Å². The number of fused-ring (bicyclic) bond motifs is 1. The molecule has 0 spiro atoms. The van der Waals surface area contributed by atoms with E-state index < -0.39 is 23.7 Å². The first-order chi connectivity index (χ1) is 10.7. The first kappa shape index (κ1) is 16.9. The van der Waals surface area contributed by atoms with Gasteiger partial charge in [0.1, 0.15) is 5.60 Å². The third kappa shape index (κ3) is 4.25. The lowest BCUT2D eigenvalue weighted by atomic mass is 10.1. The van der Waals surface area contributed by atoms with Crippen molar-refractivity contribution in [1.82, 2.24) is 9.88 Å². The Balaban J connectivity index is 2.31. The zero-order valence-corrected chi connectivity index (χ0v) is 13.8. The molecule has 0 aliphatic carbocycles. The van der Waals surface area contributed by atoms with E-state index in [1.807, 2.05) is 41.9 Å². The third-order valence-corrected chi connectivity index (χ3v) is 3.42. The van der Waals surface area contributed by atoms with E-state index in [1.165, 1.54) is 0 Å². The summed E-state index contributed by atoms with van der Waals surface area (Å²) in [4.78, 5) is 23.2. The zero-order valence-electron chi connectivity index (χ0n) is 13.8. The van der Waals surface area contributed by atoms with Crippen molar-refractivity contribution in [1.29, 1.82) is 0 Å². The molecule has 1 heterocycles. The molecule has 0 saturated heterocycles. The number of hydrogen-bond donors (Lipinski definition) is 2. The molecular formula is C17H22N2O4. The summed E-state index contributed by atoms with van der Waals surface area (Å²) in [5.41, 5.74) is 1.06. The SMILES string of the molecule is Cn1c(C(CC(=O)O)NC(=O)OC(C)(C)C)cc2ccccc21. The number of nitrogens with one attached hydrogen (secondary N) is 1. The quantitative estimate of drug-likeness (QED) is 0.907. The second-order valence-corrected chi connectivity index (χ2v) is 6.48. The maximum Gasteiger partial charge on any atom is 0.408 e. The van der Waals surface area contributed by atoms with Crippen molar-refractivity contribution in [3.05, 3.63) is 36.0 Å². The number of carboxylic acids is 1. The molecule has 0 bridgehead atoms. The Kier molecular flexibility index (Phi) is 4.63. The van der Waals surface area contributed by atoms with Gasteiger partial charge in [0.25, 0.3) is 0 Å². The molecule has 2 N–H and O–H groups in total. The molecule has 0 radical (unpaired) electrons. The summed E-state index contributed by atoms with van der Waals surface area (Å²) < 4.78 is 7.12. The van der Waals surface area contributed by atoms with Crippen LogP contribution in [0.15, 0.2) is 30.3 Å². The van der Waals surface area contributed by atoms with Gasteiger partial charge in [-0.1, -0.05) is 18.2 Å². The largest absolute Gasteiger partial charge is 0.481 e. The Morgan fingerprint density at radius 2 is 1.96 bits per heavy atom. The van der Waals surface area contributed by atoms with E-state index >= 15 is 0 Å². The number of aryl methyl sites for hydroxylation is 1. The van der Waals surface area contributed by atoms with Gasteiger partial charge >= 0.3 is 12.1 Å². The van der Waals surface area contributed by atoms with Gasteiger partial charge in [0, 0.05) is 18.3 Å². The Morgan fingerprint density at radius 1 is 1.30 bits per heavy atom. The van der Waals surface area contributed by atoms with Crippen molar-refractivity contribution in [2.45, 2.75) is 38.8 Å². The average Bonchev–Trinajstić information content (AvgIpc) is 2.73. The number of ether oxygens (including phenoxy) is 1. The van der Waals surface area contributed by atoms with E-state index in [0.717, 1.165) is 16.6 Å².